The number of hydrogen-bond acceptors (Lipinski definition) is 4. The molecule has 37 heavy (non-hydrogen) atoms. The van der Waals surface area contributed by atoms with Crippen LogP contribution in [0.25, 0.3) is 0 Å². The van der Waals surface area contributed by atoms with E-state index in [9.17, 15) is 38.1 Å². The maximum absolute atomic E-state index is 14.0. The van der Waals surface area contributed by atoms with E-state index in [1.54, 1.807) is 48.5 Å². The summed E-state index contributed by atoms with van der Waals surface area (Å²) in [6.45, 7) is 2.99. The van der Waals surface area contributed by atoms with Crippen molar-refractivity contribution < 1.29 is 38.1 Å². The van der Waals surface area contributed by atoms with Crippen molar-refractivity contribution in [2.75, 3.05) is 0 Å². The Labute approximate surface area is 222 Å². The lowest BCUT2D eigenvalue weighted by molar-refractivity contribution is -0.354. The lowest BCUT2D eigenvalue weighted by Crippen LogP contribution is -2.59. The molecule has 1 aliphatic heterocycles. The molecule has 0 saturated carbocycles. The number of nitrogens with zero attached hydrogens (tertiary/aromatic N) is 1. The quantitative estimate of drug-likeness (QED) is 0.346. The summed E-state index contributed by atoms with van der Waals surface area (Å²) < 4.78 is 40.4. The second-order valence-corrected chi connectivity index (χ2v) is 10.7. The van der Waals surface area contributed by atoms with Crippen LogP contribution >= 0.6 is 23.2 Å². The number of piperidine rings is 1. The average Bonchev–Trinajstić information content (AvgIpc) is 2.78. The van der Waals surface area contributed by atoms with Gasteiger partial charge in [0.15, 0.2) is 0 Å². The van der Waals surface area contributed by atoms with Gasteiger partial charge in [0, 0.05) is 28.4 Å². The Kier molecular flexibility index (Phi) is 8.54. The molecular weight excluding hydrogens is 534 g/mol. The third-order valence-corrected chi connectivity index (χ3v) is 7.46. The molecule has 0 spiro atoms. The first kappa shape index (κ1) is 29.2. The number of carboxylic acid groups (broad SMARTS) is 1. The molecule has 1 amide bonds. The van der Waals surface area contributed by atoms with Gasteiger partial charge in [-0.25, -0.2) is 0 Å². The number of benzene rings is 2. The monoisotopic (exact) mass is 561 g/mol. The lowest BCUT2D eigenvalue weighted by Gasteiger charge is -2.52. The van der Waals surface area contributed by atoms with Gasteiger partial charge in [-0.3, -0.25) is 9.59 Å². The van der Waals surface area contributed by atoms with Crippen LogP contribution in [0.4, 0.5) is 13.2 Å². The van der Waals surface area contributed by atoms with Gasteiger partial charge in [-0.2, -0.15) is 13.2 Å². The molecule has 3 rings (SSSR count). The third-order valence-electron chi connectivity index (χ3n) is 6.97. The van der Waals surface area contributed by atoms with Gasteiger partial charge in [-0.1, -0.05) is 61.3 Å². The molecule has 1 aliphatic rings. The predicted molar refractivity (Wildman–Crippen MR) is 132 cm³/mol. The van der Waals surface area contributed by atoms with Crippen LogP contribution in [0, 0.1) is 5.41 Å². The highest BCUT2D eigenvalue weighted by atomic mass is 35.5. The molecule has 0 aromatic heterocycles. The normalized spacial score (nSPS) is 23.7. The number of carboxylic acids is 1. The minimum atomic E-state index is -5.37. The number of rotatable bonds is 8. The van der Waals surface area contributed by atoms with E-state index in [0.717, 1.165) is 0 Å². The average molecular weight is 562 g/mol. The Bertz CT molecular complexity index is 1140. The number of alkyl halides is 3. The molecule has 3 N–H and O–H groups in total. The lowest BCUT2D eigenvalue weighted by atomic mass is 9.66. The van der Waals surface area contributed by atoms with Crippen LogP contribution in [0.2, 0.25) is 10.0 Å². The topological polar surface area (TPSA) is 98.1 Å². The van der Waals surface area contributed by atoms with E-state index in [1.807, 2.05) is 0 Å². The van der Waals surface area contributed by atoms with Gasteiger partial charge in [0.05, 0.1) is 17.9 Å². The van der Waals surface area contributed by atoms with E-state index in [4.69, 9.17) is 23.2 Å². The van der Waals surface area contributed by atoms with Crippen molar-refractivity contribution in [1.82, 2.24) is 4.90 Å². The van der Waals surface area contributed by atoms with Crippen molar-refractivity contribution in [2.24, 2.45) is 5.41 Å². The van der Waals surface area contributed by atoms with Crippen LogP contribution in [-0.4, -0.2) is 50.1 Å². The number of aliphatic hydroxyl groups is 2. The van der Waals surface area contributed by atoms with E-state index in [0.29, 0.717) is 21.2 Å². The molecule has 1 fully saturated rings. The summed E-state index contributed by atoms with van der Waals surface area (Å²) in [4.78, 5) is 27.0. The van der Waals surface area contributed by atoms with Gasteiger partial charge >= 0.3 is 12.1 Å². The fourth-order valence-corrected chi connectivity index (χ4v) is 5.49. The maximum Gasteiger partial charge on any atom is 0.442 e. The summed E-state index contributed by atoms with van der Waals surface area (Å²) >= 11 is 12.3. The zero-order chi connectivity index (χ0) is 27.8. The van der Waals surface area contributed by atoms with Crippen molar-refractivity contribution in [3.63, 3.8) is 0 Å². The van der Waals surface area contributed by atoms with Gasteiger partial charge in [0.1, 0.15) is 0 Å². The second kappa shape index (κ2) is 10.8. The number of halogens is 5. The Morgan fingerprint density at radius 1 is 1.11 bits per heavy atom. The van der Waals surface area contributed by atoms with Crippen LogP contribution in [0.15, 0.2) is 48.5 Å². The fraction of sp³-hybridized carbons (Fsp3) is 0.462. The van der Waals surface area contributed by atoms with Gasteiger partial charge in [-0.05, 0) is 48.2 Å². The number of carbonyl (C=O) groups excluding carboxylic acids is 1. The number of amides is 1. The standard InChI is InChI=1S/C26H28Cl2F3NO5/c1-3-19(12-25(36,37)26(29,30)31)32-22(15-7-9-17(27)10-8-15)20(16-5-4-6-18(28)11-16)13-24(2,23(32)35)14-21(33)34/h4-11,19-20,22,36-37H,3,12-14H2,1-2H3,(H,33,34)/t19?,20?,22?,24-/m1/s1. The van der Waals surface area contributed by atoms with E-state index >= 15 is 0 Å². The predicted octanol–water partition coefficient (Wildman–Crippen LogP) is 5.94. The zero-order valence-electron chi connectivity index (χ0n) is 20.2. The molecule has 2 aromatic carbocycles. The number of carbonyl (C=O) groups is 2. The summed E-state index contributed by atoms with van der Waals surface area (Å²) in [5, 5.41) is 30.2. The summed E-state index contributed by atoms with van der Waals surface area (Å²) in [5.74, 6) is -6.57. The highest BCUT2D eigenvalue weighted by Crippen LogP contribution is 2.53. The molecule has 3 unspecified atom stereocenters. The first-order valence-electron chi connectivity index (χ1n) is 11.7. The first-order chi connectivity index (χ1) is 17.1. The van der Waals surface area contributed by atoms with E-state index in [2.05, 4.69) is 0 Å². The molecule has 11 heteroatoms. The van der Waals surface area contributed by atoms with Gasteiger partial charge in [-0.15, -0.1) is 0 Å². The van der Waals surface area contributed by atoms with Crippen molar-refractivity contribution in [3.05, 3.63) is 69.7 Å². The highest BCUT2D eigenvalue weighted by Gasteiger charge is 2.57. The molecule has 1 heterocycles. The SMILES string of the molecule is CCC(CC(O)(O)C(F)(F)F)N1C(=O)[C@@](C)(CC(=O)O)CC(c2cccc(Cl)c2)C1c1ccc(Cl)cc1. The van der Waals surface area contributed by atoms with Crippen LogP contribution in [0.5, 0.6) is 0 Å². The number of aliphatic carboxylic acids is 1. The van der Waals surface area contributed by atoms with Crippen molar-refractivity contribution in [1.29, 1.82) is 0 Å². The van der Waals surface area contributed by atoms with Crippen molar-refractivity contribution in [2.45, 2.75) is 69.5 Å². The molecule has 2 aromatic rings. The van der Waals surface area contributed by atoms with Gasteiger partial charge in [0.2, 0.25) is 5.91 Å². The third kappa shape index (κ3) is 6.22. The Hall–Kier alpha value is -2.33. The summed E-state index contributed by atoms with van der Waals surface area (Å²) in [5.41, 5.74) is -0.278. The van der Waals surface area contributed by atoms with Crippen molar-refractivity contribution in [3.8, 4) is 0 Å². The van der Waals surface area contributed by atoms with Crippen LogP contribution in [-0.2, 0) is 9.59 Å². The molecule has 0 aliphatic carbocycles. The summed E-state index contributed by atoms with van der Waals surface area (Å²) in [6, 6.07) is 11.1. The maximum atomic E-state index is 14.0. The van der Waals surface area contributed by atoms with Crippen LogP contribution in [0.1, 0.15) is 62.6 Å². The van der Waals surface area contributed by atoms with Crippen LogP contribution in [0.3, 0.4) is 0 Å². The van der Waals surface area contributed by atoms with Gasteiger partial charge in [0.25, 0.3) is 5.79 Å². The highest BCUT2D eigenvalue weighted by molar-refractivity contribution is 6.30. The van der Waals surface area contributed by atoms with E-state index in [1.165, 1.54) is 18.7 Å². The minimum absolute atomic E-state index is 0.0554. The van der Waals surface area contributed by atoms with Crippen molar-refractivity contribution >= 4 is 35.1 Å². The molecule has 6 nitrogen and oxygen atoms in total. The van der Waals surface area contributed by atoms with E-state index < -0.39 is 60.1 Å². The molecular formula is C26H28Cl2F3NO5. The minimum Gasteiger partial charge on any atom is -0.481 e. The Morgan fingerprint density at radius 2 is 1.73 bits per heavy atom. The summed E-state index contributed by atoms with van der Waals surface area (Å²) in [6.07, 6.45) is -7.13. The molecule has 0 bridgehead atoms. The molecule has 0 radical (unpaired) electrons. The first-order valence-corrected chi connectivity index (χ1v) is 12.4. The zero-order valence-corrected chi connectivity index (χ0v) is 21.7. The molecule has 4 atom stereocenters. The summed E-state index contributed by atoms with van der Waals surface area (Å²) in [7, 11) is 0. The number of hydrogen-bond donors (Lipinski definition) is 3. The Morgan fingerprint density at radius 3 is 2.24 bits per heavy atom. The smallest absolute Gasteiger partial charge is 0.442 e. The molecule has 1 saturated heterocycles. The molecule has 202 valence electrons. The fourth-order valence-electron chi connectivity index (χ4n) is 5.16. The van der Waals surface area contributed by atoms with Crippen LogP contribution < -0.4 is 0 Å². The Balaban J connectivity index is 2.25. The van der Waals surface area contributed by atoms with E-state index in [-0.39, 0.29) is 12.8 Å². The second-order valence-electron chi connectivity index (χ2n) is 9.79. The largest absolute Gasteiger partial charge is 0.481 e. The van der Waals surface area contributed by atoms with Gasteiger partial charge < -0.3 is 20.2 Å². The number of likely N-dealkylation sites (tertiary alicyclic amines) is 1.